The molecule has 0 aliphatic heterocycles. The van der Waals surface area contributed by atoms with E-state index in [2.05, 4.69) is 20.7 Å². The molecular weight excluding hydrogens is 332 g/mol. The van der Waals surface area contributed by atoms with Crippen LogP contribution in [0.4, 0.5) is 14.5 Å². The van der Waals surface area contributed by atoms with Crippen LogP contribution in [0.15, 0.2) is 48.5 Å². The molecule has 0 bridgehead atoms. The molecule has 0 radical (unpaired) electrons. The fourth-order valence-corrected chi connectivity index (χ4v) is 1.97. The summed E-state index contributed by atoms with van der Waals surface area (Å²) in [6, 6.07) is 12.2. The fourth-order valence-electron chi connectivity index (χ4n) is 1.97. The van der Waals surface area contributed by atoms with Gasteiger partial charge in [0.2, 0.25) is 11.7 Å². The summed E-state index contributed by atoms with van der Waals surface area (Å²) in [5.74, 6) is -1.56. The van der Waals surface area contributed by atoms with Crippen LogP contribution in [-0.2, 0) is 17.9 Å². The summed E-state index contributed by atoms with van der Waals surface area (Å²) < 4.78 is 31.4. The van der Waals surface area contributed by atoms with Gasteiger partial charge < -0.3 is 10.1 Å². The molecule has 1 heterocycles. The van der Waals surface area contributed by atoms with Crippen LogP contribution in [0.25, 0.3) is 0 Å². The predicted octanol–water partition coefficient (Wildman–Crippen LogP) is 2.17. The van der Waals surface area contributed by atoms with E-state index in [0.717, 1.165) is 16.9 Å². The summed E-state index contributed by atoms with van der Waals surface area (Å²) >= 11 is 0. The van der Waals surface area contributed by atoms with E-state index in [4.69, 9.17) is 4.74 Å². The van der Waals surface area contributed by atoms with Crippen LogP contribution in [0.5, 0.6) is 5.75 Å². The second-order valence-electron chi connectivity index (χ2n) is 5.01. The molecule has 1 aromatic heterocycles. The Morgan fingerprint density at radius 3 is 2.68 bits per heavy atom. The van der Waals surface area contributed by atoms with Crippen molar-refractivity contribution in [1.29, 1.82) is 0 Å². The van der Waals surface area contributed by atoms with E-state index in [-0.39, 0.29) is 18.8 Å². The zero-order valence-electron chi connectivity index (χ0n) is 12.9. The van der Waals surface area contributed by atoms with Crippen LogP contribution in [0.3, 0.4) is 0 Å². The molecule has 0 fully saturated rings. The van der Waals surface area contributed by atoms with Crippen molar-refractivity contribution in [2.75, 3.05) is 5.32 Å². The van der Waals surface area contributed by atoms with Gasteiger partial charge in [-0.05, 0) is 29.5 Å². The first kappa shape index (κ1) is 16.5. The van der Waals surface area contributed by atoms with E-state index in [0.29, 0.717) is 11.6 Å². The summed E-state index contributed by atoms with van der Waals surface area (Å²) in [6.45, 7) is -0.119. The molecule has 0 spiro atoms. The lowest BCUT2D eigenvalue weighted by Gasteiger charge is -2.04. The average Bonchev–Trinajstić information content (AvgIpc) is 3.04. The lowest BCUT2D eigenvalue weighted by Crippen LogP contribution is -2.20. The van der Waals surface area contributed by atoms with E-state index in [1.165, 1.54) is 6.07 Å². The minimum absolute atomic E-state index is 0.106. The summed E-state index contributed by atoms with van der Waals surface area (Å²) in [7, 11) is 0. The molecule has 1 N–H and O–H groups in total. The summed E-state index contributed by atoms with van der Waals surface area (Å²) in [5, 5.41) is 14.0. The van der Waals surface area contributed by atoms with Crippen molar-refractivity contribution >= 4 is 11.6 Å². The lowest BCUT2D eigenvalue weighted by molar-refractivity contribution is -0.117. The zero-order valence-corrected chi connectivity index (χ0v) is 12.9. The molecular formula is C16H13F2N5O2. The van der Waals surface area contributed by atoms with Crippen LogP contribution in [-0.4, -0.2) is 26.1 Å². The largest absolute Gasteiger partial charge is 0.485 e. The van der Waals surface area contributed by atoms with Crippen LogP contribution < -0.4 is 10.1 Å². The van der Waals surface area contributed by atoms with Crippen molar-refractivity contribution in [3.05, 3.63) is 66.0 Å². The number of aromatic nitrogens is 4. The number of para-hydroxylation sites is 1. The van der Waals surface area contributed by atoms with E-state index < -0.39 is 17.5 Å². The number of rotatable bonds is 6. The first-order valence-corrected chi connectivity index (χ1v) is 7.29. The maximum atomic E-state index is 13.1. The molecule has 128 valence electrons. The van der Waals surface area contributed by atoms with E-state index >= 15 is 0 Å². The van der Waals surface area contributed by atoms with Crippen LogP contribution in [0, 0.1) is 11.6 Å². The van der Waals surface area contributed by atoms with Gasteiger partial charge in [-0.15, -0.1) is 10.2 Å². The number of amides is 1. The fraction of sp³-hybridized carbons (Fsp3) is 0.125. The maximum Gasteiger partial charge on any atom is 0.248 e. The van der Waals surface area contributed by atoms with E-state index in [1.54, 1.807) is 12.1 Å². The maximum absolute atomic E-state index is 13.1. The van der Waals surface area contributed by atoms with Crippen LogP contribution >= 0.6 is 0 Å². The van der Waals surface area contributed by atoms with E-state index in [1.807, 2.05) is 18.2 Å². The molecule has 0 saturated heterocycles. The lowest BCUT2D eigenvalue weighted by atomic mass is 10.3. The normalized spacial score (nSPS) is 10.5. The highest BCUT2D eigenvalue weighted by Crippen LogP contribution is 2.13. The third-order valence-electron chi connectivity index (χ3n) is 3.09. The van der Waals surface area contributed by atoms with Crippen molar-refractivity contribution in [3.8, 4) is 5.75 Å². The van der Waals surface area contributed by atoms with Crippen molar-refractivity contribution in [2.24, 2.45) is 0 Å². The molecule has 2 aromatic carbocycles. The Labute approximate surface area is 141 Å². The van der Waals surface area contributed by atoms with Gasteiger partial charge in [-0.1, -0.05) is 18.2 Å². The highest BCUT2D eigenvalue weighted by Gasteiger charge is 2.10. The topological polar surface area (TPSA) is 81.9 Å². The van der Waals surface area contributed by atoms with Gasteiger partial charge in [-0.25, -0.2) is 8.78 Å². The zero-order chi connectivity index (χ0) is 17.6. The standard InChI is InChI=1S/C16H13F2N5O2/c17-13-7-6-11(8-14(13)18)19-16(24)9-23-21-15(20-22-23)10-25-12-4-2-1-3-5-12/h1-8H,9-10H2,(H,19,24). The number of ether oxygens (including phenoxy) is 1. The summed E-state index contributed by atoms with van der Waals surface area (Å²) in [5.41, 5.74) is 0.136. The van der Waals surface area contributed by atoms with Crippen molar-refractivity contribution in [2.45, 2.75) is 13.2 Å². The van der Waals surface area contributed by atoms with Crippen molar-refractivity contribution in [3.63, 3.8) is 0 Å². The molecule has 25 heavy (non-hydrogen) atoms. The van der Waals surface area contributed by atoms with Crippen molar-refractivity contribution in [1.82, 2.24) is 20.2 Å². The van der Waals surface area contributed by atoms with Gasteiger partial charge in [-0.2, -0.15) is 4.80 Å². The first-order valence-electron chi connectivity index (χ1n) is 7.29. The number of benzene rings is 2. The number of halogens is 2. The number of carbonyl (C=O) groups is 1. The molecule has 0 saturated carbocycles. The molecule has 1 amide bonds. The van der Waals surface area contributed by atoms with Gasteiger partial charge in [0.15, 0.2) is 18.2 Å². The van der Waals surface area contributed by atoms with E-state index in [9.17, 15) is 13.6 Å². The second-order valence-corrected chi connectivity index (χ2v) is 5.01. The molecule has 9 heteroatoms. The Morgan fingerprint density at radius 1 is 1.12 bits per heavy atom. The monoisotopic (exact) mass is 345 g/mol. The number of carbonyl (C=O) groups excluding carboxylic acids is 1. The van der Waals surface area contributed by atoms with Gasteiger partial charge in [0.05, 0.1) is 0 Å². The molecule has 3 aromatic rings. The Hall–Kier alpha value is -3.36. The Kier molecular flexibility index (Phi) is 4.93. The number of hydrogen-bond acceptors (Lipinski definition) is 5. The predicted molar refractivity (Wildman–Crippen MR) is 83.6 cm³/mol. The molecule has 0 aliphatic rings. The Bertz CT molecular complexity index is 870. The minimum atomic E-state index is -1.04. The quantitative estimate of drug-likeness (QED) is 0.740. The summed E-state index contributed by atoms with van der Waals surface area (Å²) in [6.07, 6.45) is 0. The number of tetrazole rings is 1. The van der Waals surface area contributed by atoms with Crippen LogP contribution in [0.2, 0.25) is 0 Å². The Balaban J connectivity index is 1.53. The SMILES string of the molecule is O=C(Cn1nnc(COc2ccccc2)n1)Nc1ccc(F)c(F)c1. The first-order chi connectivity index (χ1) is 12.1. The highest BCUT2D eigenvalue weighted by molar-refractivity contribution is 5.90. The molecule has 0 unspecified atom stereocenters. The molecule has 0 atom stereocenters. The highest BCUT2D eigenvalue weighted by atomic mass is 19.2. The number of hydrogen-bond donors (Lipinski definition) is 1. The van der Waals surface area contributed by atoms with Crippen molar-refractivity contribution < 1.29 is 18.3 Å². The summed E-state index contributed by atoms with van der Waals surface area (Å²) in [4.78, 5) is 13.0. The van der Waals surface area contributed by atoms with Gasteiger partial charge >= 0.3 is 0 Å². The van der Waals surface area contributed by atoms with Gasteiger partial charge in [-0.3, -0.25) is 4.79 Å². The van der Waals surface area contributed by atoms with Gasteiger partial charge in [0.1, 0.15) is 12.3 Å². The number of nitrogens with zero attached hydrogens (tertiary/aromatic N) is 4. The molecule has 0 aliphatic carbocycles. The third-order valence-corrected chi connectivity index (χ3v) is 3.09. The number of nitrogens with one attached hydrogen (secondary N) is 1. The van der Waals surface area contributed by atoms with Gasteiger partial charge in [0, 0.05) is 11.8 Å². The van der Waals surface area contributed by atoms with Crippen LogP contribution in [0.1, 0.15) is 5.82 Å². The third kappa shape index (κ3) is 4.56. The smallest absolute Gasteiger partial charge is 0.248 e. The van der Waals surface area contributed by atoms with Gasteiger partial charge in [0.25, 0.3) is 0 Å². The average molecular weight is 345 g/mol. The Morgan fingerprint density at radius 2 is 1.92 bits per heavy atom. The molecule has 3 rings (SSSR count). The molecule has 7 nitrogen and oxygen atoms in total. The minimum Gasteiger partial charge on any atom is -0.485 e. The second kappa shape index (κ2) is 7.47. The number of anilines is 1.